The van der Waals surface area contributed by atoms with Crippen LogP contribution in [0, 0.1) is 22.7 Å². The third-order valence-electron chi connectivity index (χ3n) is 9.68. The van der Waals surface area contributed by atoms with Crippen LogP contribution in [-0.4, -0.2) is 49.2 Å². The van der Waals surface area contributed by atoms with Gasteiger partial charge >= 0.3 is 0 Å². The molecule has 0 heterocycles. The van der Waals surface area contributed by atoms with Crippen molar-refractivity contribution in [1.82, 2.24) is 0 Å². The van der Waals surface area contributed by atoms with Gasteiger partial charge in [-0.2, -0.15) is 0 Å². The molecule has 4 atom stereocenters. The number of phenolic OH excluding ortho intramolecular Hbond substituents is 1. The van der Waals surface area contributed by atoms with Gasteiger partial charge < -0.3 is 20.4 Å². The van der Waals surface area contributed by atoms with Gasteiger partial charge in [0.1, 0.15) is 22.8 Å². The van der Waals surface area contributed by atoms with Crippen molar-refractivity contribution in [2.24, 2.45) is 22.7 Å². The minimum absolute atomic E-state index is 0.0182. The van der Waals surface area contributed by atoms with Gasteiger partial charge in [0, 0.05) is 27.9 Å². The van der Waals surface area contributed by atoms with Crippen LogP contribution in [0.25, 0.3) is 12.2 Å². The summed E-state index contributed by atoms with van der Waals surface area (Å²) in [5, 5.41) is 46.0. The number of benzene rings is 2. The Balaban J connectivity index is 1.71. The number of aromatic hydroxyl groups is 1. The maximum absolute atomic E-state index is 14.2. The summed E-state index contributed by atoms with van der Waals surface area (Å²) in [6, 6.07) is 10.1. The monoisotopic (exact) mass is 584 g/mol. The van der Waals surface area contributed by atoms with E-state index in [-0.39, 0.29) is 41.4 Å². The van der Waals surface area contributed by atoms with Crippen LogP contribution < -0.4 is 0 Å². The fraction of sp³-hybridized carbons (Fsp3) is 0.371. The molecular weight excluding hydrogens is 548 g/mol. The molecule has 8 nitrogen and oxygen atoms in total. The zero-order valence-electron chi connectivity index (χ0n) is 25.1. The first-order valence-electron chi connectivity index (χ1n) is 14.3. The lowest BCUT2D eigenvalue weighted by Gasteiger charge is -2.59. The van der Waals surface area contributed by atoms with Crippen LogP contribution in [0.4, 0.5) is 0 Å². The Labute approximate surface area is 250 Å². The van der Waals surface area contributed by atoms with Crippen LogP contribution in [0.3, 0.4) is 0 Å². The van der Waals surface area contributed by atoms with Gasteiger partial charge in [0.25, 0.3) is 0 Å². The minimum Gasteiger partial charge on any atom is -0.511 e. The number of Topliss-reactive ketones (excluding diaryl/α,β-unsaturated/α-hetero) is 4. The van der Waals surface area contributed by atoms with Crippen molar-refractivity contribution in [1.29, 1.82) is 0 Å². The van der Waals surface area contributed by atoms with E-state index in [2.05, 4.69) is 0 Å². The van der Waals surface area contributed by atoms with Gasteiger partial charge in [0.15, 0.2) is 23.0 Å². The topological polar surface area (TPSA) is 149 Å². The summed E-state index contributed by atoms with van der Waals surface area (Å²) in [5.41, 5.74) is -3.56. The van der Waals surface area contributed by atoms with Crippen molar-refractivity contribution < 1.29 is 39.6 Å². The summed E-state index contributed by atoms with van der Waals surface area (Å²) in [6.45, 7) is 9.55. The van der Waals surface area contributed by atoms with Crippen LogP contribution in [0.15, 0.2) is 59.1 Å². The molecule has 0 aliphatic heterocycles. The molecule has 0 saturated carbocycles. The summed E-state index contributed by atoms with van der Waals surface area (Å²) in [7, 11) is 0. The quantitative estimate of drug-likeness (QED) is 0.198. The molecule has 224 valence electrons. The number of aliphatic hydroxyl groups is 3. The van der Waals surface area contributed by atoms with Gasteiger partial charge in [-0.3, -0.25) is 19.2 Å². The molecule has 0 bridgehead atoms. The number of allylic oxidation sites excluding steroid dienone is 2. The molecule has 0 spiro atoms. The van der Waals surface area contributed by atoms with Crippen LogP contribution in [0.5, 0.6) is 5.75 Å². The molecule has 1 unspecified atom stereocenters. The van der Waals surface area contributed by atoms with Gasteiger partial charge in [-0.25, -0.2) is 0 Å². The molecule has 43 heavy (non-hydrogen) atoms. The van der Waals surface area contributed by atoms with Crippen LogP contribution in [-0.2, 0) is 16.0 Å². The van der Waals surface area contributed by atoms with Crippen LogP contribution in [0.2, 0.25) is 0 Å². The third-order valence-corrected chi connectivity index (χ3v) is 9.68. The van der Waals surface area contributed by atoms with Gasteiger partial charge in [-0.05, 0) is 61.4 Å². The standard InChI is InChI=1S/C35H36O8/c1-17(2)27-29(39)25(19(4)37)31(41)35(43)32(42)28-30(40)26-23(15-33(28,5)16-34(27,35)6)21(12-13-24(26)38)11-10-20-8-7-9-22(14-20)18(3)36/h7-14,17,27,38-39,42-43H,15-16H2,1-6H3/b11-10+/t27?,33-,34-,35+/m1/s1. The van der Waals surface area contributed by atoms with Crippen molar-refractivity contribution >= 4 is 35.3 Å². The third kappa shape index (κ3) is 4.14. The number of ketones is 4. The highest BCUT2D eigenvalue weighted by Crippen LogP contribution is 2.65. The number of hydrogen-bond acceptors (Lipinski definition) is 8. The SMILES string of the molecule is CC(=O)C1=C(O)C(C(C)C)[C@@]2(C)C[C@@]3(C)Cc4c(/C=C/c5cccc(C(C)=O)c5)ccc(O)c4C(=O)C3=C(O)[C@@]2(O)C1=O. The highest BCUT2D eigenvalue weighted by molar-refractivity contribution is 6.25. The number of carbonyl (C=O) groups excluding carboxylic acids is 4. The normalized spacial score (nSPS) is 28.7. The molecular formula is C35H36O8. The average Bonchev–Trinajstić information content (AvgIpc) is 2.90. The second-order valence-corrected chi connectivity index (χ2v) is 13.0. The van der Waals surface area contributed by atoms with Gasteiger partial charge in [-0.1, -0.05) is 64.1 Å². The first-order valence-corrected chi connectivity index (χ1v) is 14.3. The van der Waals surface area contributed by atoms with E-state index < -0.39 is 56.8 Å². The average molecular weight is 585 g/mol. The number of carbonyl (C=O) groups is 4. The molecule has 0 radical (unpaired) electrons. The Bertz CT molecular complexity index is 1720. The Hall–Kier alpha value is -4.30. The zero-order chi connectivity index (χ0) is 31.8. The molecule has 0 aromatic heterocycles. The molecule has 0 fully saturated rings. The highest BCUT2D eigenvalue weighted by atomic mass is 16.3. The van der Waals surface area contributed by atoms with Gasteiger partial charge in [0.2, 0.25) is 5.78 Å². The summed E-state index contributed by atoms with van der Waals surface area (Å²) < 4.78 is 0. The van der Waals surface area contributed by atoms with E-state index in [9.17, 15) is 39.6 Å². The first-order chi connectivity index (χ1) is 20.0. The Morgan fingerprint density at radius 1 is 0.977 bits per heavy atom. The lowest BCUT2D eigenvalue weighted by Crippen LogP contribution is -2.67. The first kappa shape index (κ1) is 30.2. The number of fused-ring (bicyclic) bond motifs is 3. The maximum atomic E-state index is 14.2. The molecule has 3 aliphatic rings. The summed E-state index contributed by atoms with van der Waals surface area (Å²) >= 11 is 0. The predicted molar refractivity (Wildman–Crippen MR) is 161 cm³/mol. The summed E-state index contributed by atoms with van der Waals surface area (Å²) in [5.74, 6) is -5.50. The van der Waals surface area contributed by atoms with E-state index >= 15 is 0 Å². The maximum Gasteiger partial charge on any atom is 0.209 e. The van der Waals surface area contributed by atoms with E-state index in [1.807, 2.05) is 6.07 Å². The predicted octanol–water partition coefficient (Wildman–Crippen LogP) is 5.72. The molecule has 8 heteroatoms. The number of aliphatic hydroxyl groups excluding tert-OH is 2. The van der Waals surface area contributed by atoms with E-state index in [0.717, 1.165) is 12.5 Å². The Morgan fingerprint density at radius 3 is 2.26 bits per heavy atom. The molecule has 0 saturated heterocycles. The molecule has 3 aliphatic carbocycles. The summed E-state index contributed by atoms with van der Waals surface area (Å²) in [6.07, 6.45) is 3.78. The van der Waals surface area contributed by atoms with E-state index in [1.54, 1.807) is 64.1 Å². The van der Waals surface area contributed by atoms with E-state index in [4.69, 9.17) is 0 Å². The lowest BCUT2D eigenvalue weighted by atomic mass is 9.44. The zero-order valence-corrected chi connectivity index (χ0v) is 25.1. The molecule has 5 rings (SSSR count). The van der Waals surface area contributed by atoms with Crippen molar-refractivity contribution in [2.75, 3.05) is 0 Å². The van der Waals surface area contributed by atoms with E-state index in [0.29, 0.717) is 16.7 Å². The number of phenols is 1. The number of hydrogen-bond donors (Lipinski definition) is 4. The fourth-order valence-electron chi connectivity index (χ4n) is 7.96. The number of rotatable bonds is 5. The van der Waals surface area contributed by atoms with Gasteiger partial charge in [-0.15, -0.1) is 0 Å². The largest absolute Gasteiger partial charge is 0.511 e. The van der Waals surface area contributed by atoms with Crippen molar-refractivity contribution in [2.45, 2.75) is 60.0 Å². The van der Waals surface area contributed by atoms with Crippen molar-refractivity contribution in [3.63, 3.8) is 0 Å². The van der Waals surface area contributed by atoms with Crippen LogP contribution in [0.1, 0.15) is 85.4 Å². The van der Waals surface area contributed by atoms with Crippen molar-refractivity contribution in [3.05, 3.63) is 86.9 Å². The second kappa shape index (κ2) is 9.88. The van der Waals surface area contributed by atoms with Gasteiger partial charge in [0.05, 0.1) is 5.56 Å². The highest BCUT2D eigenvalue weighted by Gasteiger charge is 2.71. The summed E-state index contributed by atoms with van der Waals surface area (Å²) in [4.78, 5) is 52.3. The lowest BCUT2D eigenvalue weighted by molar-refractivity contribution is -0.171. The van der Waals surface area contributed by atoms with E-state index in [1.165, 1.54) is 13.0 Å². The Morgan fingerprint density at radius 2 is 1.65 bits per heavy atom. The minimum atomic E-state index is -2.65. The second-order valence-electron chi connectivity index (χ2n) is 13.0. The molecule has 2 aromatic carbocycles. The van der Waals surface area contributed by atoms with Crippen molar-refractivity contribution in [3.8, 4) is 5.75 Å². The fourth-order valence-corrected chi connectivity index (χ4v) is 7.96. The smallest absolute Gasteiger partial charge is 0.209 e. The molecule has 4 N–H and O–H groups in total. The Kier molecular flexibility index (Phi) is 6.93. The van der Waals surface area contributed by atoms with Crippen LogP contribution >= 0.6 is 0 Å². The molecule has 0 amide bonds. The molecule has 2 aromatic rings.